The van der Waals surface area contributed by atoms with Gasteiger partial charge < -0.3 is 10.6 Å². The van der Waals surface area contributed by atoms with Crippen molar-refractivity contribution in [3.63, 3.8) is 0 Å². The maximum Gasteiger partial charge on any atom is 0.228 e. The summed E-state index contributed by atoms with van der Waals surface area (Å²) in [5.74, 6) is -1.63. The average Bonchev–Trinajstić information content (AvgIpc) is 3.36. The van der Waals surface area contributed by atoms with Crippen LogP contribution in [0.1, 0.15) is 30.4 Å². The predicted molar refractivity (Wildman–Crippen MR) is 89.7 cm³/mol. The summed E-state index contributed by atoms with van der Waals surface area (Å²) in [6.07, 6.45) is 0.545. The van der Waals surface area contributed by atoms with Gasteiger partial charge in [0.15, 0.2) is 0 Å². The largest absolute Gasteiger partial charge is 0.326 e. The molecule has 0 aromatic heterocycles. The molecular formula is C19H20F2N2O. The number of rotatable bonds is 6. The fraction of sp³-hybridized carbons (Fsp3) is 0.316. The quantitative estimate of drug-likeness (QED) is 0.845. The van der Waals surface area contributed by atoms with Crippen LogP contribution in [0, 0.1) is 17.6 Å². The lowest BCUT2D eigenvalue weighted by atomic mass is 10.1. The van der Waals surface area contributed by atoms with E-state index in [0.717, 1.165) is 36.5 Å². The number of hydrogen-bond acceptors (Lipinski definition) is 2. The number of hydrogen-bond donors (Lipinski definition) is 2. The van der Waals surface area contributed by atoms with Crippen LogP contribution in [0.4, 0.5) is 14.5 Å². The Morgan fingerprint density at radius 1 is 1.21 bits per heavy atom. The van der Waals surface area contributed by atoms with Crippen molar-refractivity contribution in [1.82, 2.24) is 5.32 Å². The lowest BCUT2D eigenvalue weighted by Crippen LogP contribution is -2.16. The van der Waals surface area contributed by atoms with Crippen LogP contribution in [0.25, 0.3) is 0 Å². The predicted octanol–water partition coefficient (Wildman–Crippen LogP) is 3.82. The lowest BCUT2D eigenvalue weighted by molar-refractivity contribution is -0.117. The Morgan fingerprint density at radius 3 is 2.83 bits per heavy atom. The Labute approximate surface area is 140 Å². The Morgan fingerprint density at radius 2 is 2.04 bits per heavy atom. The van der Waals surface area contributed by atoms with Gasteiger partial charge in [-0.15, -0.1) is 0 Å². The van der Waals surface area contributed by atoms with Crippen LogP contribution in [0.3, 0.4) is 0 Å². The van der Waals surface area contributed by atoms with Crippen molar-refractivity contribution in [3.05, 3.63) is 65.2 Å². The van der Waals surface area contributed by atoms with Crippen LogP contribution in [0.15, 0.2) is 42.5 Å². The van der Waals surface area contributed by atoms with Gasteiger partial charge >= 0.3 is 0 Å². The molecule has 0 spiro atoms. The molecule has 0 bridgehead atoms. The second kappa shape index (κ2) is 7.09. The summed E-state index contributed by atoms with van der Waals surface area (Å²) < 4.78 is 27.1. The molecule has 1 fully saturated rings. The van der Waals surface area contributed by atoms with Crippen molar-refractivity contribution < 1.29 is 13.6 Å². The molecule has 2 aromatic rings. The van der Waals surface area contributed by atoms with Gasteiger partial charge in [-0.05, 0) is 60.3 Å². The van der Waals surface area contributed by atoms with E-state index in [0.29, 0.717) is 6.42 Å². The number of anilines is 1. The summed E-state index contributed by atoms with van der Waals surface area (Å²) in [4.78, 5) is 12.3. The molecule has 2 N–H and O–H groups in total. The van der Waals surface area contributed by atoms with Gasteiger partial charge in [0.1, 0.15) is 11.6 Å². The summed E-state index contributed by atoms with van der Waals surface area (Å²) in [5, 5.41) is 6.10. The average molecular weight is 330 g/mol. The van der Waals surface area contributed by atoms with Gasteiger partial charge in [-0.3, -0.25) is 4.79 Å². The Balaban J connectivity index is 1.63. The van der Waals surface area contributed by atoms with E-state index < -0.39 is 11.6 Å². The summed E-state index contributed by atoms with van der Waals surface area (Å²) in [6.45, 7) is 3.64. The van der Waals surface area contributed by atoms with Gasteiger partial charge in [0.2, 0.25) is 5.91 Å². The molecule has 3 nitrogen and oxygen atoms in total. The van der Waals surface area contributed by atoms with E-state index in [4.69, 9.17) is 0 Å². The topological polar surface area (TPSA) is 41.1 Å². The number of halogens is 2. The zero-order valence-electron chi connectivity index (χ0n) is 13.5. The van der Waals surface area contributed by atoms with E-state index in [1.54, 1.807) is 0 Å². The van der Waals surface area contributed by atoms with Gasteiger partial charge in [-0.1, -0.05) is 19.1 Å². The Hall–Kier alpha value is -2.27. The molecule has 2 unspecified atom stereocenters. The third-order valence-electron chi connectivity index (χ3n) is 4.26. The molecule has 5 heteroatoms. The first-order valence-electron chi connectivity index (χ1n) is 8.14. The van der Waals surface area contributed by atoms with E-state index in [1.165, 1.54) is 6.07 Å². The zero-order valence-corrected chi connectivity index (χ0v) is 13.5. The van der Waals surface area contributed by atoms with Crippen molar-refractivity contribution in [2.45, 2.75) is 25.8 Å². The van der Waals surface area contributed by atoms with E-state index >= 15 is 0 Å². The lowest BCUT2D eigenvalue weighted by Gasteiger charge is -2.08. The van der Waals surface area contributed by atoms with E-state index in [1.807, 2.05) is 31.2 Å². The molecule has 126 valence electrons. The van der Waals surface area contributed by atoms with E-state index in [-0.39, 0.29) is 23.3 Å². The maximum atomic E-state index is 13.8. The molecule has 1 amide bonds. The molecule has 0 heterocycles. The van der Waals surface area contributed by atoms with Crippen LogP contribution >= 0.6 is 0 Å². The van der Waals surface area contributed by atoms with Crippen LogP contribution in [0.5, 0.6) is 0 Å². The normalized spacial score (nSPS) is 19.1. The smallest absolute Gasteiger partial charge is 0.228 e. The fourth-order valence-corrected chi connectivity index (χ4v) is 2.89. The van der Waals surface area contributed by atoms with Gasteiger partial charge in [0.05, 0.1) is 0 Å². The highest BCUT2D eigenvalue weighted by atomic mass is 19.1. The van der Waals surface area contributed by atoms with Gasteiger partial charge in [-0.25, -0.2) is 8.78 Å². The Kier molecular flexibility index (Phi) is 4.90. The van der Waals surface area contributed by atoms with Crippen molar-refractivity contribution in [2.75, 3.05) is 11.9 Å². The minimum Gasteiger partial charge on any atom is -0.326 e. The molecule has 1 aliphatic carbocycles. The molecule has 1 saturated carbocycles. The van der Waals surface area contributed by atoms with Crippen LogP contribution in [0.2, 0.25) is 0 Å². The maximum absolute atomic E-state index is 13.8. The molecule has 0 aliphatic heterocycles. The SMILES string of the molecule is CCNCc1cccc(NC(=O)C2CC2c2cc(F)ccc2F)c1. The van der Waals surface area contributed by atoms with Crippen molar-refractivity contribution >= 4 is 11.6 Å². The minimum absolute atomic E-state index is 0.149. The third-order valence-corrected chi connectivity index (χ3v) is 4.26. The highest BCUT2D eigenvalue weighted by Gasteiger charge is 2.45. The molecule has 0 saturated heterocycles. The number of amides is 1. The molecule has 3 rings (SSSR count). The van der Waals surface area contributed by atoms with Gasteiger partial charge in [0.25, 0.3) is 0 Å². The zero-order chi connectivity index (χ0) is 17.1. The Bertz CT molecular complexity index is 748. The number of carbonyl (C=O) groups is 1. The van der Waals surface area contributed by atoms with Crippen LogP contribution < -0.4 is 10.6 Å². The summed E-state index contributed by atoms with van der Waals surface area (Å²) in [5.41, 5.74) is 2.09. The summed E-state index contributed by atoms with van der Waals surface area (Å²) in [6, 6.07) is 11.0. The molecular weight excluding hydrogens is 310 g/mol. The van der Waals surface area contributed by atoms with Gasteiger partial charge in [0, 0.05) is 18.2 Å². The second-order valence-corrected chi connectivity index (χ2v) is 6.08. The second-order valence-electron chi connectivity index (χ2n) is 6.08. The van der Waals surface area contributed by atoms with Crippen molar-refractivity contribution in [2.24, 2.45) is 5.92 Å². The highest BCUT2D eigenvalue weighted by Crippen LogP contribution is 2.48. The number of benzene rings is 2. The fourth-order valence-electron chi connectivity index (χ4n) is 2.89. The summed E-state index contributed by atoms with van der Waals surface area (Å²) in [7, 11) is 0. The monoisotopic (exact) mass is 330 g/mol. The summed E-state index contributed by atoms with van der Waals surface area (Å²) >= 11 is 0. The standard InChI is InChI=1S/C19H20F2N2O/c1-2-22-11-12-4-3-5-14(8-12)23-19(24)17-10-15(17)16-9-13(20)6-7-18(16)21/h3-9,15,17,22H,2,10-11H2,1H3,(H,23,24). The van der Waals surface area contributed by atoms with E-state index in [9.17, 15) is 13.6 Å². The molecule has 2 atom stereocenters. The number of carbonyl (C=O) groups excluding carboxylic acids is 1. The number of nitrogens with one attached hydrogen (secondary N) is 2. The van der Waals surface area contributed by atoms with Crippen LogP contribution in [-0.4, -0.2) is 12.5 Å². The van der Waals surface area contributed by atoms with E-state index in [2.05, 4.69) is 10.6 Å². The first-order chi connectivity index (χ1) is 11.6. The first kappa shape index (κ1) is 16.6. The first-order valence-corrected chi connectivity index (χ1v) is 8.14. The molecule has 24 heavy (non-hydrogen) atoms. The van der Waals surface area contributed by atoms with Gasteiger partial charge in [-0.2, -0.15) is 0 Å². The van der Waals surface area contributed by atoms with Crippen molar-refractivity contribution in [1.29, 1.82) is 0 Å². The molecule has 0 radical (unpaired) electrons. The minimum atomic E-state index is -0.478. The highest BCUT2D eigenvalue weighted by molar-refractivity contribution is 5.95. The third kappa shape index (κ3) is 3.79. The molecule has 2 aromatic carbocycles. The molecule has 1 aliphatic rings. The van der Waals surface area contributed by atoms with Crippen LogP contribution in [-0.2, 0) is 11.3 Å². The van der Waals surface area contributed by atoms with Crippen molar-refractivity contribution in [3.8, 4) is 0 Å².